The molecule has 0 bridgehead atoms. The van der Waals surface area contributed by atoms with Gasteiger partial charge < -0.3 is 29.2 Å². The highest BCUT2D eigenvalue weighted by Gasteiger charge is 2.12. The number of carbonyl (C=O) groups excluding carboxylic acids is 1. The van der Waals surface area contributed by atoms with Gasteiger partial charge in [-0.1, -0.05) is 36.4 Å². The number of nitrogens with one attached hydrogen (secondary N) is 1. The van der Waals surface area contributed by atoms with Crippen molar-refractivity contribution in [3.05, 3.63) is 83.6 Å². The fraction of sp³-hybridized carbons (Fsp3) is 0.138. The van der Waals surface area contributed by atoms with Gasteiger partial charge in [0, 0.05) is 35.8 Å². The second kappa shape index (κ2) is 10.7. The third kappa shape index (κ3) is 5.20. The second-order valence-electron chi connectivity index (χ2n) is 8.10. The van der Waals surface area contributed by atoms with Crippen LogP contribution in [0, 0.1) is 0 Å². The van der Waals surface area contributed by atoms with Crippen LogP contribution in [0.2, 0.25) is 0 Å². The summed E-state index contributed by atoms with van der Waals surface area (Å²) in [6.07, 6.45) is 8.94. The molecule has 0 radical (unpaired) electrons. The molecule has 2 N–H and O–H groups in total. The van der Waals surface area contributed by atoms with Gasteiger partial charge in [-0.05, 0) is 47.5 Å². The minimum absolute atomic E-state index is 0.0214. The van der Waals surface area contributed by atoms with E-state index in [1.807, 2.05) is 66.4 Å². The number of benzene rings is 3. The van der Waals surface area contributed by atoms with Gasteiger partial charge >= 0.3 is 0 Å². The van der Waals surface area contributed by atoms with Crippen LogP contribution in [-0.2, 0) is 11.8 Å². The molecular weight excluding hydrogens is 456 g/mol. The first kappa shape index (κ1) is 24.5. The van der Waals surface area contributed by atoms with Crippen LogP contribution >= 0.6 is 0 Å². The topological polar surface area (TPSA) is 82.0 Å². The number of nitrogens with zero attached hydrogens (tertiary/aromatic N) is 1. The lowest BCUT2D eigenvalue weighted by Gasteiger charge is -2.12. The summed E-state index contributed by atoms with van der Waals surface area (Å²) in [4.78, 5) is 12.6. The Labute approximate surface area is 209 Å². The lowest BCUT2D eigenvalue weighted by molar-refractivity contribution is -0.111. The highest BCUT2D eigenvalue weighted by Crippen LogP contribution is 2.38. The number of hydrogen-bond donors (Lipinski definition) is 2. The van der Waals surface area contributed by atoms with Crippen LogP contribution in [0.4, 0.5) is 5.69 Å². The zero-order valence-corrected chi connectivity index (χ0v) is 20.6. The Morgan fingerprint density at radius 1 is 0.889 bits per heavy atom. The number of methoxy groups -OCH3 is 3. The van der Waals surface area contributed by atoms with E-state index in [0.717, 1.165) is 27.6 Å². The molecule has 0 atom stereocenters. The summed E-state index contributed by atoms with van der Waals surface area (Å²) in [6, 6.07) is 16.7. The van der Waals surface area contributed by atoms with Crippen LogP contribution in [0.3, 0.4) is 0 Å². The number of phenolic OH excluding ortho intramolecular Hbond substituents is 1. The predicted octanol–water partition coefficient (Wildman–Crippen LogP) is 5.73. The van der Waals surface area contributed by atoms with Gasteiger partial charge in [-0.25, -0.2) is 0 Å². The molecule has 1 aromatic heterocycles. The van der Waals surface area contributed by atoms with Crippen LogP contribution in [-0.4, -0.2) is 36.9 Å². The van der Waals surface area contributed by atoms with Crippen molar-refractivity contribution in [1.29, 1.82) is 0 Å². The summed E-state index contributed by atoms with van der Waals surface area (Å²) < 4.78 is 18.2. The Kier molecular flexibility index (Phi) is 7.30. The smallest absolute Gasteiger partial charge is 0.248 e. The Bertz CT molecular complexity index is 1440. The molecule has 1 heterocycles. The van der Waals surface area contributed by atoms with Crippen molar-refractivity contribution in [2.75, 3.05) is 26.6 Å². The van der Waals surface area contributed by atoms with E-state index in [1.165, 1.54) is 6.08 Å². The maximum atomic E-state index is 12.6. The summed E-state index contributed by atoms with van der Waals surface area (Å²) in [7, 11) is 6.65. The number of aryl methyl sites for hydroxylation is 1. The van der Waals surface area contributed by atoms with E-state index in [9.17, 15) is 9.90 Å². The average Bonchev–Trinajstić information content (AvgIpc) is 3.22. The molecule has 0 aliphatic heterocycles. The first-order valence-electron chi connectivity index (χ1n) is 11.3. The van der Waals surface area contributed by atoms with Crippen LogP contribution in [0.15, 0.2) is 66.9 Å². The molecule has 1 amide bonds. The Morgan fingerprint density at radius 3 is 2.28 bits per heavy atom. The maximum Gasteiger partial charge on any atom is 0.248 e. The van der Waals surface area contributed by atoms with Crippen molar-refractivity contribution in [3.8, 4) is 23.0 Å². The molecule has 4 rings (SSSR count). The average molecular weight is 485 g/mol. The molecule has 4 aromatic rings. The number of phenols is 1. The number of rotatable bonds is 8. The number of anilines is 1. The number of para-hydroxylation sites is 1. The van der Waals surface area contributed by atoms with Gasteiger partial charge in [-0.3, -0.25) is 4.79 Å². The van der Waals surface area contributed by atoms with Crippen molar-refractivity contribution in [3.63, 3.8) is 0 Å². The van der Waals surface area contributed by atoms with E-state index in [0.29, 0.717) is 22.9 Å². The van der Waals surface area contributed by atoms with Crippen LogP contribution in [0.1, 0.15) is 16.7 Å². The van der Waals surface area contributed by atoms with Crippen LogP contribution in [0.25, 0.3) is 29.1 Å². The number of carbonyl (C=O) groups is 1. The van der Waals surface area contributed by atoms with Crippen molar-refractivity contribution in [2.45, 2.75) is 0 Å². The normalized spacial score (nSPS) is 11.3. The molecule has 0 aliphatic carbocycles. The summed E-state index contributed by atoms with van der Waals surface area (Å²) >= 11 is 0. The van der Waals surface area contributed by atoms with E-state index in [1.54, 1.807) is 45.6 Å². The quantitative estimate of drug-likeness (QED) is 0.190. The van der Waals surface area contributed by atoms with Gasteiger partial charge in [-0.15, -0.1) is 0 Å². The van der Waals surface area contributed by atoms with Crippen LogP contribution in [0.5, 0.6) is 23.0 Å². The second-order valence-corrected chi connectivity index (χ2v) is 8.10. The zero-order valence-electron chi connectivity index (χ0n) is 20.6. The Hall–Kier alpha value is -4.65. The van der Waals surface area contributed by atoms with E-state index < -0.39 is 0 Å². The van der Waals surface area contributed by atoms with E-state index in [-0.39, 0.29) is 11.7 Å². The fourth-order valence-electron chi connectivity index (χ4n) is 3.99. The van der Waals surface area contributed by atoms with Crippen molar-refractivity contribution in [1.82, 2.24) is 4.57 Å². The number of ether oxygens (including phenoxy) is 3. The van der Waals surface area contributed by atoms with Crippen molar-refractivity contribution >= 4 is 40.7 Å². The van der Waals surface area contributed by atoms with Gasteiger partial charge in [0.25, 0.3) is 0 Å². The number of hydrogen-bond acceptors (Lipinski definition) is 5. The third-order valence-electron chi connectivity index (χ3n) is 5.78. The van der Waals surface area contributed by atoms with Gasteiger partial charge in [0.05, 0.1) is 27.0 Å². The lowest BCUT2D eigenvalue weighted by Crippen LogP contribution is -2.08. The summed E-state index contributed by atoms with van der Waals surface area (Å²) in [5.41, 5.74) is 3.96. The Balaban J connectivity index is 1.52. The highest BCUT2D eigenvalue weighted by molar-refractivity contribution is 6.04. The summed E-state index contributed by atoms with van der Waals surface area (Å²) in [5, 5.41) is 14.1. The minimum atomic E-state index is -0.344. The largest absolute Gasteiger partial charge is 0.506 e. The van der Waals surface area contributed by atoms with Crippen molar-refractivity contribution < 1.29 is 24.1 Å². The third-order valence-corrected chi connectivity index (χ3v) is 5.78. The SMILES string of the molecule is COc1cc(C=Cc2ccc(O)c(NC(=O)/C=C/c3cn(C)c4ccccc34)c2)cc(OC)c1OC. The predicted molar refractivity (Wildman–Crippen MR) is 144 cm³/mol. The molecule has 7 nitrogen and oxygen atoms in total. The first-order valence-corrected chi connectivity index (χ1v) is 11.3. The van der Waals surface area contributed by atoms with Crippen LogP contribution < -0.4 is 19.5 Å². The molecule has 184 valence electrons. The number of aromatic nitrogens is 1. The summed E-state index contributed by atoms with van der Waals surface area (Å²) in [6.45, 7) is 0. The van der Waals surface area contributed by atoms with Gasteiger partial charge in [0.15, 0.2) is 11.5 Å². The van der Waals surface area contributed by atoms with E-state index >= 15 is 0 Å². The molecule has 0 spiro atoms. The van der Waals surface area contributed by atoms with E-state index in [4.69, 9.17) is 14.2 Å². The summed E-state index contributed by atoms with van der Waals surface area (Å²) in [5.74, 6) is 1.25. The first-order chi connectivity index (χ1) is 17.4. The van der Waals surface area contributed by atoms with E-state index in [2.05, 4.69) is 5.32 Å². The van der Waals surface area contributed by atoms with Gasteiger partial charge in [-0.2, -0.15) is 0 Å². The maximum absolute atomic E-state index is 12.6. The molecule has 3 aromatic carbocycles. The fourth-order valence-corrected chi connectivity index (χ4v) is 3.99. The monoisotopic (exact) mass is 484 g/mol. The van der Waals surface area contributed by atoms with Crippen molar-refractivity contribution in [2.24, 2.45) is 7.05 Å². The zero-order chi connectivity index (χ0) is 25.7. The molecule has 36 heavy (non-hydrogen) atoms. The lowest BCUT2D eigenvalue weighted by atomic mass is 10.1. The molecule has 0 saturated heterocycles. The number of aromatic hydroxyl groups is 1. The standard InChI is InChI=1S/C29H28N2O5/c1-31-18-21(22-7-5-6-8-24(22)31)12-14-28(33)30-23-15-19(11-13-25(23)32)9-10-20-16-26(34-2)29(36-4)27(17-20)35-3/h5-18,32H,1-4H3,(H,30,33)/b10-9?,14-12+. The Morgan fingerprint density at radius 2 is 1.58 bits per heavy atom. The van der Waals surface area contributed by atoms with Gasteiger partial charge in [0.2, 0.25) is 11.7 Å². The highest BCUT2D eigenvalue weighted by atomic mass is 16.5. The number of amides is 1. The van der Waals surface area contributed by atoms with Gasteiger partial charge in [0.1, 0.15) is 5.75 Å². The molecule has 0 fully saturated rings. The molecule has 0 unspecified atom stereocenters. The molecule has 7 heteroatoms. The molecule has 0 saturated carbocycles. The number of fused-ring (bicyclic) bond motifs is 1. The molecular formula is C29H28N2O5. The minimum Gasteiger partial charge on any atom is -0.506 e. The molecule has 0 aliphatic rings.